The maximum Gasteiger partial charge on any atom is 1.00 e. The molecule has 0 aliphatic rings. The zero-order chi connectivity index (χ0) is 17.3. The Bertz CT molecular complexity index is 559. The zero-order valence-corrected chi connectivity index (χ0v) is 22.4. The Morgan fingerprint density at radius 2 is 0.917 bits per heavy atom. The van der Waals surface area contributed by atoms with Gasteiger partial charge in [-0.1, -0.05) is 0 Å². The number of hydrogen-bond acceptors (Lipinski definition) is 12. The van der Waals surface area contributed by atoms with Gasteiger partial charge in [-0.25, -0.2) is 18.0 Å². The van der Waals surface area contributed by atoms with Crippen LogP contribution in [0.1, 0.15) is 0 Å². The molecule has 0 saturated heterocycles. The van der Waals surface area contributed by atoms with Gasteiger partial charge in [0.15, 0.2) is 0 Å². The average Bonchev–Trinajstić information content (AvgIpc) is 1.83. The molecule has 16 nitrogen and oxygen atoms in total. The summed E-state index contributed by atoms with van der Waals surface area (Å²) in [7, 11) is -30.5. The molecule has 0 heterocycles. The monoisotopic (exact) mass is 484 g/mol. The van der Waals surface area contributed by atoms with Crippen molar-refractivity contribution in [2.45, 2.75) is 0 Å². The molecule has 0 spiro atoms. The first-order valence-corrected chi connectivity index (χ1v) is 11.2. The molecule has 4 N–H and O–H groups in total. The second-order valence-corrected chi connectivity index (χ2v) is 9.91. The minimum Gasteiger partial charge on any atom is -0.790 e. The number of phosphoric acid groups is 5. The van der Waals surface area contributed by atoms with E-state index in [9.17, 15) is 37.5 Å². The van der Waals surface area contributed by atoms with Crippen LogP contribution < -0.4 is 103 Å². The third-order valence-corrected chi connectivity index (χ3v) is 7.37. The summed E-state index contributed by atoms with van der Waals surface area (Å²) in [5, 5.41) is 0. The van der Waals surface area contributed by atoms with Crippen molar-refractivity contribution < 1.29 is 163 Å². The first-order valence-electron chi connectivity index (χ1n) is 3.72. The van der Waals surface area contributed by atoms with E-state index < -0.39 is 39.1 Å². The van der Waals surface area contributed by atoms with Gasteiger partial charge in [0.1, 0.15) is 0 Å². The van der Waals surface area contributed by atoms with Crippen molar-refractivity contribution in [1.29, 1.82) is 0 Å². The Morgan fingerprint density at radius 1 is 0.583 bits per heavy atom. The van der Waals surface area contributed by atoms with Crippen LogP contribution in [0.4, 0.5) is 0 Å². The van der Waals surface area contributed by atoms with E-state index in [1.807, 2.05) is 0 Å². The van der Waals surface area contributed by atoms with Crippen LogP contribution in [0.15, 0.2) is 0 Å². The summed E-state index contributed by atoms with van der Waals surface area (Å²) in [6, 6.07) is 0. The summed E-state index contributed by atoms with van der Waals surface area (Å²) in [4.78, 5) is 64.2. The smallest absolute Gasteiger partial charge is 0.790 e. The first kappa shape index (κ1) is 35.2. The molecular weight excluding hydrogens is 480 g/mol. The summed E-state index contributed by atoms with van der Waals surface area (Å²) in [6.07, 6.45) is 0. The molecule has 0 radical (unpaired) electrons. The van der Waals surface area contributed by atoms with E-state index in [-0.39, 0.29) is 88.7 Å². The van der Waals surface area contributed by atoms with Crippen LogP contribution in [0, 0.1) is 0 Å². The average molecular weight is 484 g/mol. The van der Waals surface area contributed by atoms with E-state index in [0.717, 1.165) is 0 Å². The van der Waals surface area contributed by atoms with E-state index in [4.69, 9.17) is 19.6 Å². The molecule has 0 bridgehead atoms. The maximum atomic E-state index is 10.9. The molecule has 24 heteroatoms. The van der Waals surface area contributed by atoms with Gasteiger partial charge in [-0.15, -0.1) is 0 Å². The Kier molecular flexibility index (Phi) is 18.2. The summed E-state index contributed by atoms with van der Waals surface area (Å²) in [5.41, 5.74) is 0. The van der Waals surface area contributed by atoms with Gasteiger partial charge >= 0.3 is 112 Å². The van der Waals surface area contributed by atoms with Crippen LogP contribution >= 0.6 is 39.1 Å². The third-order valence-electron chi connectivity index (χ3n) is 0.819. The Hall–Kier alpha value is 3.71. The molecule has 0 fully saturated rings. The molecule has 0 aromatic rings. The number of rotatable bonds is 8. The molecule has 3 atom stereocenters. The topological polar surface area (TPSA) is 272 Å². The third kappa shape index (κ3) is 20.4. The SMILES string of the molecule is O=P([O-])([O-])OP(=O)([O-])OP(=O)(O)OP(=O)(O)OP(=O)(O)O.[Na+].[Na+].[Na+]. The van der Waals surface area contributed by atoms with Crippen molar-refractivity contribution in [3.05, 3.63) is 0 Å². The van der Waals surface area contributed by atoms with Gasteiger partial charge in [0, 0.05) is 0 Å². The van der Waals surface area contributed by atoms with Crippen molar-refractivity contribution in [3.63, 3.8) is 0 Å². The van der Waals surface area contributed by atoms with Gasteiger partial charge in [-0.2, -0.15) is 8.62 Å². The molecule has 0 aliphatic heterocycles. The predicted molar refractivity (Wildman–Crippen MR) is 51.2 cm³/mol. The fourth-order valence-electron chi connectivity index (χ4n) is 0.558. The van der Waals surface area contributed by atoms with E-state index in [1.54, 1.807) is 0 Å². The molecule has 0 saturated carbocycles. The molecule has 0 rings (SSSR count). The van der Waals surface area contributed by atoms with Crippen molar-refractivity contribution in [3.8, 4) is 0 Å². The number of hydrogen-bond donors (Lipinski definition) is 4. The maximum absolute atomic E-state index is 10.9. The van der Waals surface area contributed by atoms with Gasteiger partial charge in [-0.3, -0.25) is 8.88 Å². The molecule has 0 aliphatic carbocycles. The summed E-state index contributed by atoms with van der Waals surface area (Å²) in [5.74, 6) is 0. The van der Waals surface area contributed by atoms with Crippen LogP contribution in [-0.2, 0) is 40.1 Å². The standard InChI is InChI=1S/3Na.H7O16P5/c;;;1-17(2,3)13-19(7,8)15-21(11,12)16-20(9,10)14-18(4,5)6/h;;;(H,7,8)(H,9,10)(H,11,12)(H2,1,2,3)(H2,4,5,6)/q3*+1;/p-3. The first-order chi connectivity index (χ1) is 8.83. The molecule has 24 heavy (non-hydrogen) atoms. The fraction of sp³-hybridized carbons (Fsp3) is 0. The van der Waals surface area contributed by atoms with Gasteiger partial charge in [0.2, 0.25) is 0 Å². The summed E-state index contributed by atoms with van der Waals surface area (Å²) in [6.45, 7) is 0. The second kappa shape index (κ2) is 12.4. The predicted octanol–water partition coefficient (Wildman–Crippen LogP) is -11.3. The van der Waals surface area contributed by atoms with Gasteiger partial charge < -0.3 is 38.8 Å². The summed E-state index contributed by atoms with van der Waals surface area (Å²) >= 11 is 0. The van der Waals surface area contributed by atoms with Crippen LogP contribution in [0.3, 0.4) is 0 Å². The van der Waals surface area contributed by atoms with E-state index in [1.165, 1.54) is 0 Å². The van der Waals surface area contributed by atoms with Crippen LogP contribution in [0.25, 0.3) is 0 Å². The largest absolute Gasteiger partial charge is 1.00 e. The van der Waals surface area contributed by atoms with Crippen molar-refractivity contribution in [2.24, 2.45) is 0 Å². The molecule has 3 unspecified atom stereocenters. The minimum absolute atomic E-state index is 0. The fourth-order valence-corrected chi connectivity index (χ4v) is 5.83. The van der Waals surface area contributed by atoms with Gasteiger partial charge in [0.05, 0.1) is 7.82 Å². The molecule has 0 aromatic carbocycles. The van der Waals surface area contributed by atoms with E-state index in [2.05, 4.69) is 17.2 Å². The normalized spacial score (nSPS) is 19.3. The zero-order valence-electron chi connectivity index (χ0n) is 11.9. The molecular formula is H4Na3O16P5. The van der Waals surface area contributed by atoms with Crippen LogP contribution in [0.2, 0.25) is 0 Å². The van der Waals surface area contributed by atoms with Gasteiger partial charge in [-0.05, 0) is 0 Å². The molecule has 0 aromatic heterocycles. The van der Waals surface area contributed by atoms with Crippen LogP contribution in [-0.4, -0.2) is 19.6 Å². The van der Waals surface area contributed by atoms with Crippen molar-refractivity contribution in [2.75, 3.05) is 0 Å². The van der Waals surface area contributed by atoms with Gasteiger partial charge in [0.25, 0.3) is 7.82 Å². The quantitative estimate of drug-likeness (QED) is 0.184. The van der Waals surface area contributed by atoms with Crippen molar-refractivity contribution in [1.82, 2.24) is 0 Å². The van der Waals surface area contributed by atoms with Crippen LogP contribution in [0.5, 0.6) is 0 Å². The minimum atomic E-state index is -6.33. The molecule has 128 valence electrons. The van der Waals surface area contributed by atoms with Crippen molar-refractivity contribution >= 4 is 39.1 Å². The summed E-state index contributed by atoms with van der Waals surface area (Å²) < 4.78 is 64.3. The second-order valence-electron chi connectivity index (χ2n) is 2.65. The van der Waals surface area contributed by atoms with E-state index in [0.29, 0.717) is 0 Å². The Labute approximate surface area is 199 Å². The Balaban J connectivity index is -0.000000667. The Morgan fingerprint density at radius 3 is 1.21 bits per heavy atom. The molecule has 0 amide bonds. The van der Waals surface area contributed by atoms with E-state index >= 15 is 0 Å².